The summed E-state index contributed by atoms with van der Waals surface area (Å²) in [6.07, 6.45) is 3.02. The van der Waals surface area contributed by atoms with E-state index in [0.29, 0.717) is 48.1 Å². The minimum Gasteiger partial charge on any atom is -0.490 e. The van der Waals surface area contributed by atoms with Crippen LogP contribution >= 0.6 is 0 Å². The Morgan fingerprint density at radius 1 is 1.20 bits per heavy atom. The van der Waals surface area contributed by atoms with E-state index in [1.165, 1.54) is 6.20 Å². The van der Waals surface area contributed by atoms with E-state index in [-0.39, 0.29) is 5.91 Å². The first kappa shape index (κ1) is 15.4. The van der Waals surface area contributed by atoms with Crippen LogP contribution in [0.2, 0.25) is 0 Å². The minimum atomic E-state index is -0.257. The second-order valence-corrected chi connectivity index (χ2v) is 5.73. The minimum absolute atomic E-state index is 0.257. The summed E-state index contributed by atoms with van der Waals surface area (Å²) in [7, 11) is 0. The number of amides is 1. The van der Waals surface area contributed by atoms with Crippen LogP contribution in [0.5, 0.6) is 11.5 Å². The molecule has 0 saturated carbocycles. The number of aryl methyl sites for hydroxylation is 1. The molecule has 1 aromatic carbocycles. The van der Waals surface area contributed by atoms with Crippen molar-refractivity contribution in [2.24, 2.45) is 0 Å². The Hall–Kier alpha value is -3.09. The van der Waals surface area contributed by atoms with Crippen LogP contribution in [-0.4, -0.2) is 29.3 Å². The molecule has 0 spiro atoms. The third kappa shape index (κ3) is 3.00. The second kappa shape index (κ2) is 6.43. The Kier molecular flexibility index (Phi) is 3.97. The van der Waals surface area contributed by atoms with E-state index in [9.17, 15) is 4.79 Å². The van der Waals surface area contributed by atoms with Gasteiger partial charge >= 0.3 is 0 Å². The Balaban J connectivity index is 1.58. The topological polar surface area (TPSA) is 86.5 Å². The monoisotopic (exact) mass is 339 g/mol. The maximum atomic E-state index is 12.5. The molecule has 4 rings (SSSR count). The first-order chi connectivity index (χ1) is 12.2. The number of ether oxygens (including phenoxy) is 2. The van der Waals surface area contributed by atoms with Gasteiger partial charge in [-0.15, -0.1) is 0 Å². The number of anilines is 1. The zero-order valence-corrected chi connectivity index (χ0v) is 13.7. The van der Waals surface area contributed by atoms with Gasteiger partial charge in [-0.25, -0.2) is 4.98 Å². The summed E-state index contributed by atoms with van der Waals surface area (Å²) in [5.74, 6) is 1.07. The molecule has 0 atom stereocenters. The van der Waals surface area contributed by atoms with Gasteiger partial charge in [-0.3, -0.25) is 4.79 Å². The largest absolute Gasteiger partial charge is 0.490 e. The number of fused-ring (bicyclic) bond motifs is 2. The van der Waals surface area contributed by atoms with Gasteiger partial charge in [-0.1, -0.05) is 12.1 Å². The number of carbonyl (C=O) groups excluding carboxylic acids is 1. The predicted molar refractivity (Wildman–Crippen MR) is 91.2 cm³/mol. The average Bonchev–Trinajstić information content (AvgIpc) is 2.90. The molecule has 0 unspecified atom stereocenters. The maximum Gasteiger partial charge on any atom is 0.257 e. The lowest BCUT2D eigenvalue weighted by Crippen LogP contribution is -2.12. The van der Waals surface area contributed by atoms with E-state index in [4.69, 9.17) is 14.0 Å². The van der Waals surface area contributed by atoms with Gasteiger partial charge in [-0.2, -0.15) is 0 Å². The molecule has 0 bridgehead atoms. The van der Waals surface area contributed by atoms with E-state index < -0.39 is 0 Å². The molecule has 1 aliphatic heterocycles. The molecule has 3 heterocycles. The smallest absolute Gasteiger partial charge is 0.257 e. The van der Waals surface area contributed by atoms with Crippen LogP contribution in [0.15, 0.2) is 35.0 Å². The Labute approximate surface area is 143 Å². The highest BCUT2D eigenvalue weighted by atomic mass is 16.5. The molecule has 0 radical (unpaired) electrons. The number of nitrogens with one attached hydrogen (secondary N) is 1. The zero-order chi connectivity index (χ0) is 17.2. The molecule has 7 nitrogen and oxygen atoms in total. The summed E-state index contributed by atoms with van der Waals surface area (Å²) < 4.78 is 16.4. The zero-order valence-electron chi connectivity index (χ0n) is 13.7. The highest BCUT2D eigenvalue weighted by molar-refractivity contribution is 6.05. The van der Waals surface area contributed by atoms with E-state index >= 15 is 0 Å². The quantitative estimate of drug-likeness (QED) is 0.788. The van der Waals surface area contributed by atoms with Crippen molar-refractivity contribution in [1.82, 2.24) is 10.1 Å². The molecule has 1 N–H and O–H groups in total. The van der Waals surface area contributed by atoms with E-state index in [2.05, 4.69) is 15.5 Å². The molecule has 3 aromatic rings. The van der Waals surface area contributed by atoms with Crippen molar-refractivity contribution in [1.29, 1.82) is 0 Å². The number of carbonyl (C=O) groups is 1. The number of pyridine rings is 1. The highest BCUT2D eigenvalue weighted by Gasteiger charge is 2.15. The van der Waals surface area contributed by atoms with Gasteiger partial charge in [0.05, 0.1) is 29.9 Å². The fraction of sp³-hybridized carbons (Fsp3) is 0.278. The van der Waals surface area contributed by atoms with Crippen molar-refractivity contribution in [3.63, 3.8) is 0 Å². The fourth-order valence-corrected chi connectivity index (χ4v) is 2.70. The maximum absolute atomic E-state index is 12.5. The molecule has 1 aliphatic rings. The van der Waals surface area contributed by atoms with E-state index in [0.717, 1.165) is 17.5 Å². The summed E-state index contributed by atoms with van der Waals surface area (Å²) >= 11 is 0. The second-order valence-electron chi connectivity index (χ2n) is 5.73. The molecule has 0 saturated heterocycles. The van der Waals surface area contributed by atoms with Gasteiger partial charge in [0.15, 0.2) is 11.5 Å². The molecule has 128 valence electrons. The molecule has 0 fully saturated rings. The lowest BCUT2D eigenvalue weighted by atomic mass is 10.1. The molecule has 0 aliphatic carbocycles. The van der Waals surface area contributed by atoms with E-state index in [1.807, 2.05) is 6.92 Å². The molecule has 7 heteroatoms. The van der Waals surface area contributed by atoms with Gasteiger partial charge in [0.25, 0.3) is 11.6 Å². The van der Waals surface area contributed by atoms with Gasteiger partial charge in [0.2, 0.25) is 0 Å². The van der Waals surface area contributed by atoms with Crippen molar-refractivity contribution < 1.29 is 18.8 Å². The number of hydrogen-bond donors (Lipinski definition) is 1. The van der Waals surface area contributed by atoms with Crippen LogP contribution in [0, 0.1) is 0 Å². The summed E-state index contributed by atoms with van der Waals surface area (Å²) in [6, 6.07) is 7.10. The summed E-state index contributed by atoms with van der Waals surface area (Å²) in [5, 5.41) is 7.57. The Bertz CT molecular complexity index is 935. The fourth-order valence-electron chi connectivity index (χ4n) is 2.70. The lowest BCUT2D eigenvalue weighted by Gasteiger charge is -2.10. The van der Waals surface area contributed by atoms with E-state index in [1.54, 1.807) is 24.3 Å². The summed E-state index contributed by atoms with van der Waals surface area (Å²) in [4.78, 5) is 16.7. The number of rotatable bonds is 3. The molecular weight excluding hydrogens is 322 g/mol. The van der Waals surface area contributed by atoms with Gasteiger partial charge in [-0.05, 0) is 24.6 Å². The third-order valence-corrected chi connectivity index (χ3v) is 4.01. The van der Waals surface area contributed by atoms with Crippen molar-refractivity contribution in [2.75, 3.05) is 18.5 Å². The van der Waals surface area contributed by atoms with Crippen molar-refractivity contribution in [3.05, 3.63) is 41.7 Å². The normalized spacial score (nSPS) is 13.5. The highest BCUT2D eigenvalue weighted by Crippen LogP contribution is 2.32. The Morgan fingerprint density at radius 3 is 2.88 bits per heavy atom. The molecular formula is C18H17N3O4. The first-order valence-corrected chi connectivity index (χ1v) is 8.20. The average molecular weight is 339 g/mol. The van der Waals surface area contributed by atoms with Crippen LogP contribution in [0.4, 0.5) is 5.69 Å². The van der Waals surface area contributed by atoms with Gasteiger partial charge in [0, 0.05) is 24.4 Å². The summed E-state index contributed by atoms with van der Waals surface area (Å²) in [6.45, 7) is 3.20. The van der Waals surface area contributed by atoms with Crippen LogP contribution < -0.4 is 14.8 Å². The van der Waals surface area contributed by atoms with Gasteiger partial charge < -0.3 is 19.3 Å². The SMILES string of the molecule is CCc1noc2ncc(C(=O)Nc3ccc4c(c3)OCCCO4)cc12. The van der Waals surface area contributed by atoms with Crippen LogP contribution in [0.1, 0.15) is 29.4 Å². The standard InChI is InChI=1S/C18H17N3O4/c1-2-14-13-8-11(10-19-18(13)25-21-14)17(22)20-12-4-5-15-16(9-12)24-7-3-6-23-15/h4-5,8-10H,2-3,6-7H2,1H3,(H,20,22). The number of hydrogen-bond acceptors (Lipinski definition) is 6. The molecule has 1 amide bonds. The van der Waals surface area contributed by atoms with Crippen LogP contribution in [0.3, 0.4) is 0 Å². The first-order valence-electron chi connectivity index (χ1n) is 8.20. The summed E-state index contributed by atoms with van der Waals surface area (Å²) in [5.41, 5.74) is 2.30. The number of aromatic nitrogens is 2. The number of nitrogens with zero attached hydrogens (tertiary/aromatic N) is 2. The number of benzene rings is 1. The predicted octanol–water partition coefficient (Wildman–Crippen LogP) is 3.20. The third-order valence-electron chi connectivity index (χ3n) is 4.01. The van der Waals surface area contributed by atoms with Crippen molar-refractivity contribution in [3.8, 4) is 11.5 Å². The lowest BCUT2D eigenvalue weighted by molar-refractivity contribution is 0.102. The molecule has 25 heavy (non-hydrogen) atoms. The Morgan fingerprint density at radius 2 is 2.04 bits per heavy atom. The van der Waals surface area contributed by atoms with Crippen molar-refractivity contribution in [2.45, 2.75) is 19.8 Å². The van der Waals surface area contributed by atoms with Crippen LogP contribution in [-0.2, 0) is 6.42 Å². The van der Waals surface area contributed by atoms with Crippen LogP contribution in [0.25, 0.3) is 11.1 Å². The van der Waals surface area contributed by atoms with Gasteiger partial charge in [0.1, 0.15) is 0 Å². The van der Waals surface area contributed by atoms with Crippen molar-refractivity contribution >= 4 is 22.7 Å². The molecule has 2 aromatic heterocycles.